The summed E-state index contributed by atoms with van der Waals surface area (Å²) < 4.78 is 22.9. The van der Waals surface area contributed by atoms with E-state index >= 15 is 0 Å². The number of hydrogen-bond acceptors (Lipinski definition) is 4. The zero-order valence-electron chi connectivity index (χ0n) is 11.7. The van der Waals surface area contributed by atoms with Gasteiger partial charge in [-0.1, -0.05) is 30.3 Å². The first kappa shape index (κ1) is 14.6. The van der Waals surface area contributed by atoms with Crippen molar-refractivity contribution >= 4 is 21.6 Å². The summed E-state index contributed by atoms with van der Waals surface area (Å²) in [5, 5.41) is 3.54. The zero-order valence-corrected chi connectivity index (χ0v) is 13.4. The molecular weight excluding hydrogens is 302 g/mol. The molecule has 3 rings (SSSR count). The minimum Gasteiger partial charge on any atom is -0.305 e. The van der Waals surface area contributed by atoms with E-state index in [2.05, 4.69) is 29.6 Å². The van der Waals surface area contributed by atoms with Gasteiger partial charge in [-0.2, -0.15) is 0 Å². The SMILES string of the molecule is CS(=O)(=O)c1ccc(CNC2CSc3ccccc32)cc1. The first-order chi connectivity index (χ1) is 10.0. The van der Waals surface area contributed by atoms with Crippen LogP contribution in [-0.4, -0.2) is 20.4 Å². The monoisotopic (exact) mass is 319 g/mol. The molecule has 0 saturated carbocycles. The highest BCUT2D eigenvalue weighted by atomic mass is 32.2. The highest BCUT2D eigenvalue weighted by Gasteiger charge is 2.21. The lowest BCUT2D eigenvalue weighted by Crippen LogP contribution is -2.20. The Kier molecular flexibility index (Phi) is 4.06. The van der Waals surface area contributed by atoms with Crippen LogP contribution in [0.15, 0.2) is 58.3 Å². The quantitative estimate of drug-likeness (QED) is 0.941. The van der Waals surface area contributed by atoms with Gasteiger partial charge in [0.1, 0.15) is 0 Å². The van der Waals surface area contributed by atoms with Crippen molar-refractivity contribution in [2.45, 2.75) is 22.4 Å². The third-order valence-electron chi connectivity index (χ3n) is 3.60. The van der Waals surface area contributed by atoms with E-state index in [1.54, 1.807) is 12.1 Å². The lowest BCUT2D eigenvalue weighted by molar-refractivity contribution is 0.583. The normalized spacial score (nSPS) is 17.7. The molecule has 2 aromatic rings. The minimum atomic E-state index is -3.11. The molecule has 0 fully saturated rings. The molecule has 1 atom stereocenters. The first-order valence-corrected chi connectivity index (χ1v) is 9.66. The zero-order chi connectivity index (χ0) is 14.9. The van der Waals surface area contributed by atoms with Gasteiger partial charge in [-0.25, -0.2) is 8.42 Å². The maximum absolute atomic E-state index is 11.4. The first-order valence-electron chi connectivity index (χ1n) is 6.78. The Hall–Kier alpha value is -1.30. The molecule has 0 spiro atoms. The minimum absolute atomic E-state index is 0.362. The van der Waals surface area contributed by atoms with Gasteiger partial charge in [0.15, 0.2) is 9.84 Å². The fourth-order valence-electron chi connectivity index (χ4n) is 2.43. The molecule has 1 aliphatic rings. The third kappa shape index (κ3) is 3.31. The standard InChI is InChI=1S/C16H17NO2S2/c1-21(18,19)13-8-6-12(7-9-13)10-17-15-11-20-16-5-3-2-4-14(15)16/h2-9,15,17H,10-11H2,1H3. The fourth-order valence-corrected chi connectivity index (χ4v) is 4.25. The Morgan fingerprint density at radius 2 is 1.86 bits per heavy atom. The van der Waals surface area contributed by atoms with Crippen LogP contribution in [0.2, 0.25) is 0 Å². The van der Waals surface area contributed by atoms with E-state index in [1.807, 2.05) is 23.9 Å². The van der Waals surface area contributed by atoms with Gasteiger partial charge in [0.2, 0.25) is 0 Å². The average molecular weight is 319 g/mol. The Morgan fingerprint density at radius 3 is 2.57 bits per heavy atom. The van der Waals surface area contributed by atoms with E-state index in [1.165, 1.54) is 16.7 Å². The number of fused-ring (bicyclic) bond motifs is 1. The van der Waals surface area contributed by atoms with Crippen LogP contribution in [0, 0.1) is 0 Å². The maximum Gasteiger partial charge on any atom is 0.175 e. The van der Waals surface area contributed by atoms with Gasteiger partial charge in [0, 0.05) is 29.5 Å². The molecular formula is C16H17NO2S2. The second-order valence-corrected chi connectivity index (χ2v) is 8.28. The van der Waals surface area contributed by atoms with E-state index < -0.39 is 9.84 Å². The van der Waals surface area contributed by atoms with Crippen LogP contribution in [0.1, 0.15) is 17.2 Å². The Morgan fingerprint density at radius 1 is 1.14 bits per heavy atom. The van der Waals surface area contributed by atoms with Crippen molar-refractivity contribution in [1.82, 2.24) is 5.32 Å². The molecule has 0 radical (unpaired) electrons. The summed E-state index contributed by atoms with van der Waals surface area (Å²) >= 11 is 1.88. The second kappa shape index (κ2) is 5.83. The number of sulfone groups is 1. The van der Waals surface area contributed by atoms with Crippen LogP contribution in [-0.2, 0) is 16.4 Å². The summed E-state index contributed by atoms with van der Waals surface area (Å²) in [6.07, 6.45) is 1.23. The third-order valence-corrected chi connectivity index (χ3v) is 5.92. The van der Waals surface area contributed by atoms with E-state index in [9.17, 15) is 8.42 Å². The smallest absolute Gasteiger partial charge is 0.175 e. The van der Waals surface area contributed by atoms with Crippen LogP contribution < -0.4 is 5.32 Å². The van der Waals surface area contributed by atoms with Gasteiger partial charge < -0.3 is 5.32 Å². The molecule has 2 aromatic carbocycles. The van der Waals surface area contributed by atoms with Crippen LogP contribution >= 0.6 is 11.8 Å². The Labute approximate surface area is 129 Å². The summed E-state index contributed by atoms with van der Waals surface area (Å²) in [5.41, 5.74) is 2.45. The predicted molar refractivity (Wildman–Crippen MR) is 86.3 cm³/mol. The van der Waals surface area contributed by atoms with Gasteiger partial charge in [-0.05, 0) is 29.3 Å². The molecule has 0 bridgehead atoms. The van der Waals surface area contributed by atoms with Crippen molar-refractivity contribution in [3.05, 3.63) is 59.7 Å². The molecule has 1 heterocycles. The average Bonchev–Trinajstić information content (AvgIpc) is 2.88. The van der Waals surface area contributed by atoms with Crippen LogP contribution in [0.5, 0.6) is 0 Å². The molecule has 0 amide bonds. The van der Waals surface area contributed by atoms with Crippen molar-refractivity contribution in [2.24, 2.45) is 0 Å². The van der Waals surface area contributed by atoms with E-state index in [0.29, 0.717) is 10.9 Å². The number of thioether (sulfide) groups is 1. The number of hydrogen-bond donors (Lipinski definition) is 1. The molecule has 3 nitrogen and oxygen atoms in total. The molecule has 5 heteroatoms. The largest absolute Gasteiger partial charge is 0.305 e. The summed E-state index contributed by atoms with van der Waals surface area (Å²) in [5.74, 6) is 1.04. The maximum atomic E-state index is 11.4. The van der Waals surface area contributed by atoms with Crippen LogP contribution in [0.4, 0.5) is 0 Å². The highest BCUT2D eigenvalue weighted by Crippen LogP contribution is 2.37. The lowest BCUT2D eigenvalue weighted by atomic mass is 10.1. The Balaban J connectivity index is 1.67. The molecule has 1 N–H and O–H groups in total. The molecule has 1 unspecified atom stereocenters. The molecule has 0 saturated heterocycles. The molecule has 1 aliphatic heterocycles. The topological polar surface area (TPSA) is 46.2 Å². The van der Waals surface area contributed by atoms with Crippen LogP contribution in [0.25, 0.3) is 0 Å². The van der Waals surface area contributed by atoms with Crippen molar-refractivity contribution in [3.63, 3.8) is 0 Å². The number of nitrogens with one attached hydrogen (secondary N) is 1. The highest BCUT2D eigenvalue weighted by molar-refractivity contribution is 7.99. The van der Waals surface area contributed by atoms with E-state index in [4.69, 9.17) is 0 Å². The molecule has 0 aromatic heterocycles. The summed E-state index contributed by atoms with van der Waals surface area (Å²) in [6, 6.07) is 15.9. The summed E-state index contributed by atoms with van der Waals surface area (Å²) in [6.45, 7) is 0.740. The Bertz CT molecular complexity index is 739. The fraction of sp³-hybridized carbons (Fsp3) is 0.250. The lowest BCUT2D eigenvalue weighted by Gasteiger charge is -2.13. The molecule has 0 aliphatic carbocycles. The second-order valence-electron chi connectivity index (χ2n) is 5.20. The van der Waals surface area contributed by atoms with Gasteiger partial charge in [0.05, 0.1) is 4.90 Å². The van der Waals surface area contributed by atoms with Crippen molar-refractivity contribution < 1.29 is 8.42 Å². The molecule has 110 valence electrons. The van der Waals surface area contributed by atoms with Crippen molar-refractivity contribution in [2.75, 3.05) is 12.0 Å². The van der Waals surface area contributed by atoms with Gasteiger partial charge in [-0.15, -0.1) is 11.8 Å². The number of rotatable bonds is 4. The van der Waals surface area contributed by atoms with Gasteiger partial charge >= 0.3 is 0 Å². The predicted octanol–water partition coefficient (Wildman–Crippen LogP) is 3.03. The van der Waals surface area contributed by atoms with E-state index in [-0.39, 0.29) is 0 Å². The van der Waals surface area contributed by atoms with Crippen molar-refractivity contribution in [3.8, 4) is 0 Å². The van der Waals surface area contributed by atoms with Gasteiger partial charge in [-0.3, -0.25) is 0 Å². The van der Waals surface area contributed by atoms with E-state index in [0.717, 1.165) is 17.9 Å². The summed E-state index contributed by atoms with van der Waals surface area (Å²) in [7, 11) is -3.11. The molecule has 21 heavy (non-hydrogen) atoms. The summed E-state index contributed by atoms with van der Waals surface area (Å²) in [4.78, 5) is 1.72. The van der Waals surface area contributed by atoms with Gasteiger partial charge in [0.25, 0.3) is 0 Å². The van der Waals surface area contributed by atoms with Crippen molar-refractivity contribution in [1.29, 1.82) is 0 Å². The number of benzene rings is 2. The van der Waals surface area contributed by atoms with Crippen LogP contribution in [0.3, 0.4) is 0 Å².